The van der Waals surface area contributed by atoms with E-state index in [1.807, 2.05) is 36.4 Å². The number of aryl methyl sites for hydroxylation is 1. The number of ether oxygens (including phenoxy) is 1. The highest BCUT2D eigenvalue weighted by atomic mass is 16.5. The third kappa shape index (κ3) is 4.53. The third-order valence-corrected chi connectivity index (χ3v) is 4.90. The number of hydrogen-bond acceptors (Lipinski definition) is 3. The standard InChI is InChI=1S/C23H28N2O3/c1-4-5-8-17-11-13-18(14-12-17)24-21(26)15-16-25-19-9-6-7-10-20(19)28-23(2,3)22(25)27/h6-7,9-14H,4-5,8,15-16H2,1-3H3,(H,24,26). The van der Waals surface area contributed by atoms with Crippen molar-refractivity contribution in [1.29, 1.82) is 0 Å². The Bertz CT molecular complexity index is 843. The molecule has 1 N–H and O–H groups in total. The van der Waals surface area contributed by atoms with Crippen LogP contribution in [0.15, 0.2) is 48.5 Å². The summed E-state index contributed by atoms with van der Waals surface area (Å²) in [5.41, 5.74) is 1.82. The predicted octanol–water partition coefficient (Wildman–Crippen LogP) is 4.56. The summed E-state index contributed by atoms with van der Waals surface area (Å²) in [6, 6.07) is 15.4. The number of amides is 2. The van der Waals surface area contributed by atoms with Gasteiger partial charge in [0.25, 0.3) is 5.91 Å². The molecule has 0 saturated carbocycles. The molecule has 1 heterocycles. The van der Waals surface area contributed by atoms with E-state index in [-0.39, 0.29) is 18.2 Å². The number of nitrogens with one attached hydrogen (secondary N) is 1. The fourth-order valence-corrected chi connectivity index (χ4v) is 3.31. The number of fused-ring (bicyclic) bond motifs is 1. The molecule has 0 spiro atoms. The van der Waals surface area contributed by atoms with E-state index >= 15 is 0 Å². The summed E-state index contributed by atoms with van der Waals surface area (Å²) in [5.74, 6) is 0.408. The van der Waals surface area contributed by atoms with Crippen LogP contribution < -0.4 is 15.0 Å². The highest BCUT2D eigenvalue weighted by Crippen LogP contribution is 2.37. The monoisotopic (exact) mass is 380 g/mol. The third-order valence-electron chi connectivity index (χ3n) is 4.90. The lowest BCUT2D eigenvalue weighted by molar-refractivity contribution is -0.132. The molecule has 0 atom stereocenters. The number of carbonyl (C=O) groups excluding carboxylic acids is 2. The molecule has 28 heavy (non-hydrogen) atoms. The maximum absolute atomic E-state index is 12.8. The Kier molecular flexibility index (Phi) is 6.02. The summed E-state index contributed by atoms with van der Waals surface area (Å²) in [7, 11) is 0. The number of hydrogen-bond donors (Lipinski definition) is 1. The maximum atomic E-state index is 12.8. The Morgan fingerprint density at radius 2 is 1.82 bits per heavy atom. The number of unbranched alkanes of at least 4 members (excludes halogenated alkanes) is 1. The van der Waals surface area contributed by atoms with E-state index in [0.29, 0.717) is 18.0 Å². The van der Waals surface area contributed by atoms with Gasteiger partial charge in [-0.3, -0.25) is 9.59 Å². The zero-order chi connectivity index (χ0) is 20.1. The van der Waals surface area contributed by atoms with Crippen LogP contribution in [-0.4, -0.2) is 24.0 Å². The molecule has 0 radical (unpaired) electrons. The fraction of sp³-hybridized carbons (Fsp3) is 0.391. The zero-order valence-electron chi connectivity index (χ0n) is 16.8. The van der Waals surface area contributed by atoms with Crippen molar-refractivity contribution in [3.63, 3.8) is 0 Å². The van der Waals surface area contributed by atoms with Gasteiger partial charge in [-0.05, 0) is 56.5 Å². The van der Waals surface area contributed by atoms with Crippen LogP contribution in [-0.2, 0) is 16.0 Å². The molecule has 2 aromatic rings. The molecule has 0 bridgehead atoms. The van der Waals surface area contributed by atoms with Gasteiger partial charge in [-0.15, -0.1) is 0 Å². The van der Waals surface area contributed by atoms with Gasteiger partial charge >= 0.3 is 0 Å². The van der Waals surface area contributed by atoms with E-state index in [9.17, 15) is 9.59 Å². The van der Waals surface area contributed by atoms with Crippen molar-refractivity contribution in [2.75, 3.05) is 16.8 Å². The van der Waals surface area contributed by atoms with Crippen LogP contribution in [0.25, 0.3) is 0 Å². The van der Waals surface area contributed by atoms with Crippen LogP contribution in [0.5, 0.6) is 5.75 Å². The quantitative estimate of drug-likeness (QED) is 0.766. The summed E-state index contributed by atoms with van der Waals surface area (Å²) in [6.07, 6.45) is 3.60. The molecule has 148 valence electrons. The number of anilines is 2. The van der Waals surface area contributed by atoms with Gasteiger partial charge in [0.15, 0.2) is 5.60 Å². The Morgan fingerprint density at radius 3 is 2.54 bits per heavy atom. The van der Waals surface area contributed by atoms with Gasteiger partial charge in [-0.2, -0.15) is 0 Å². The molecule has 5 nitrogen and oxygen atoms in total. The summed E-state index contributed by atoms with van der Waals surface area (Å²) in [5, 5.41) is 2.92. The van der Waals surface area contributed by atoms with Gasteiger partial charge in [-0.1, -0.05) is 37.6 Å². The SMILES string of the molecule is CCCCc1ccc(NC(=O)CCN2C(=O)C(C)(C)Oc3ccccc32)cc1. The van der Waals surface area contributed by atoms with Gasteiger partial charge in [0.05, 0.1) is 5.69 Å². The van der Waals surface area contributed by atoms with E-state index in [1.165, 1.54) is 12.0 Å². The summed E-state index contributed by atoms with van der Waals surface area (Å²) in [4.78, 5) is 26.8. The van der Waals surface area contributed by atoms with Crippen LogP contribution in [0.1, 0.15) is 45.6 Å². The molecule has 1 aliphatic heterocycles. The van der Waals surface area contributed by atoms with Crippen molar-refractivity contribution < 1.29 is 14.3 Å². The lowest BCUT2D eigenvalue weighted by atomic mass is 10.0. The van der Waals surface area contributed by atoms with Gasteiger partial charge in [0.1, 0.15) is 5.75 Å². The Morgan fingerprint density at radius 1 is 1.11 bits per heavy atom. The van der Waals surface area contributed by atoms with Crippen molar-refractivity contribution >= 4 is 23.2 Å². The van der Waals surface area contributed by atoms with Gasteiger partial charge in [-0.25, -0.2) is 0 Å². The highest BCUT2D eigenvalue weighted by molar-refractivity contribution is 6.03. The van der Waals surface area contributed by atoms with Crippen molar-refractivity contribution in [3.8, 4) is 5.75 Å². The molecule has 0 aromatic heterocycles. The summed E-state index contributed by atoms with van der Waals surface area (Å²) >= 11 is 0. The molecule has 2 amide bonds. The smallest absolute Gasteiger partial charge is 0.270 e. The molecule has 0 saturated heterocycles. The highest BCUT2D eigenvalue weighted by Gasteiger charge is 2.40. The lowest BCUT2D eigenvalue weighted by Crippen LogP contribution is -2.53. The van der Waals surface area contributed by atoms with E-state index in [1.54, 1.807) is 18.7 Å². The average molecular weight is 380 g/mol. The molecule has 0 aliphatic carbocycles. The minimum atomic E-state index is -0.945. The van der Waals surface area contributed by atoms with Crippen LogP contribution in [0, 0.1) is 0 Å². The first-order chi connectivity index (χ1) is 13.4. The Labute approximate surface area is 166 Å². The first-order valence-corrected chi connectivity index (χ1v) is 9.89. The predicted molar refractivity (Wildman–Crippen MR) is 112 cm³/mol. The van der Waals surface area contributed by atoms with E-state index < -0.39 is 5.60 Å². The van der Waals surface area contributed by atoms with Crippen LogP contribution in [0.4, 0.5) is 11.4 Å². The molecule has 1 aliphatic rings. The molecule has 3 rings (SSSR count). The van der Waals surface area contributed by atoms with E-state index in [0.717, 1.165) is 18.5 Å². The molecular weight excluding hydrogens is 352 g/mol. The second-order valence-electron chi connectivity index (χ2n) is 7.64. The van der Waals surface area contributed by atoms with Crippen LogP contribution in [0.2, 0.25) is 0 Å². The second-order valence-corrected chi connectivity index (χ2v) is 7.64. The van der Waals surface area contributed by atoms with Gasteiger partial charge in [0, 0.05) is 18.7 Å². The minimum absolute atomic E-state index is 0.115. The summed E-state index contributed by atoms with van der Waals surface area (Å²) < 4.78 is 5.81. The number of carbonyl (C=O) groups is 2. The van der Waals surface area contributed by atoms with Crippen molar-refractivity contribution in [2.24, 2.45) is 0 Å². The number of para-hydroxylation sites is 2. The number of benzene rings is 2. The zero-order valence-corrected chi connectivity index (χ0v) is 16.8. The molecule has 0 fully saturated rings. The fourth-order valence-electron chi connectivity index (χ4n) is 3.31. The average Bonchev–Trinajstić information content (AvgIpc) is 2.67. The second kappa shape index (κ2) is 8.46. The first kappa shape index (κ1) is 19.9. The molecular formula is C23H28N2O3. The van der Waals surface area contributed by atoms with Crippen molar-refractivity contribution in [3.05, 3.63) is 54.1 Å². The van der Waals surface area contributed by atoms with Gasteiger partial charge < -0.3 is 15.0 Å². The Balaban J connectivity index is 1.61. The largest absolute Gasteiger partial charge is 0.476 e. The topological polar surface area (TPSA) is 58.6 Å². The van der Waals surface area contributed by atoms with Crippen molar-refractivity contribution in [2.45, 2.75) is 52.1 Å². The van der Waals surface area contributed by atoms with Crippen LogP contribution >= 0.6 is 0 Å². The Hall–Kier alpha value is -2.82. The molecule has 5 heteroatoms. The van der Waals surface area contributed by atoms with E-state index in [2.05, 4.69) is 24.4 Å². The first-order valence-electron chi connectivity index (χ1n) is 9.89. The van der Waals surface area contributed by atoms with E-state index in [4.69, 9.17) is 4.74 Å². The summed E-state index contributed by atoms with van der Waals surface area (Å²) in [6.45, 7) is 5.98. The minimum Gasteiger partial charge on any atom is -0.476 e. The lowest BCUT2D eigenvalue weighted by Gasteiger charge is -2.38. The van der Waals surface area contributed by atoms with Gasteiger partial charge in [0.2, 0.25) is 5.91 Å². The molecule has 2 aromatic carbocycles. The maximum Gasteiger partial charge on any atom is 0.270 e. The normalized spacial score (nSPS) is 15.0. The molecule has 0 unspecified atom stereocenters. The van der Waals surface area contributed by atoms with Crippen LogP contribution in [0.3, 0.4) is 0 Å². The number of rotatable bonds is 7. The van der Waals surface area contributed by atoms with Crippen molar-refractivity contribution in [1.82, 2.24) is 0 Å². The number of nitrogens with zero attached hydrogens (tertiary/aromatic N) is 1.